The fourth-order valence-corrected chi connectivity index (χ4v) is 2.41. The van der Waals surface area contributed by atoms with E-state index in [4.69, 9.17) is 9.57 Å². The summed E-state index contributed by atoms with van der Waals surface area (Å²) in [6.07, 6.45) is 4.23. The van der Waals surface area contributed by atoms with Crippen LogP contribution < -0.4 is 16.0 Å². The molecule has 27 heavy (non-hydrogen) atoms. The smallest absolute Gasteiger partial charge is 0.349 e. The Balaban J connectivity index is 2.22. The Kier molecular flexibility index (Phi) is 4.70. The van der Waals surface area contributed by atoms with E-state index in [1.54, 1.807) is 6.92 Å². The van der Waals surface area contributed by atoms with Gasteiger partial charge in [-0.1, -0.05) is 0 Å². The molecule has 0 aliphatic heterocycles. The fraction of sp³-hybridized carbons (Fsp3) is 0.200. The Morgan fingerprint density at radius 3 is 2.78 bits per heavy atom. The Labute approximate surface area is 149 Å². The van der Waals surface area contributed by atoms with Crippen molar-refractivity contribution in [3.8, 4) is 5.69 Å². The summed E-state index contributed by atoms with van der Waals surface area (Å²) in [4.78, 5) is 57.5. The van der Waals surface area contributed by atoms with Crippen molar-refractivity contribution < 1.29 is 19.3 Å². The van der Waals surface area contributed by atoms with E-state index in [2.05, 4.69) is 9.97 Å². The van der Waals surface area contributed by atoms with E-state index in [0.29, 0.717) is 4.73 Å². The van der Waals surface area contributed by atoms with Gasteiger partial charge in [-0.05, 0) is 13.0 Å². The lowest BCUT2D eigenvalue weighted by molar-refractivity contribution is -0.384. The average molecular weight is 375 g/mol. The van der Waals surface area contributed by atoms with Crippen LogP contribution in [0, 0.1) is 10.1 Å². The zero-order valence-electron chi connectivity index (χ0n) is 13.9. The van der Waals surface area contributed by atoms with Crippen LogP contribution in [0.1, 0.15) is 6.92 Å². The first kappa shape index (κ1) is 17.8. The van der Waals surface area contributed by atoms with Gasteiger partial charge < -0.3 is 19.1 Å². The van der Waals surface area contributed by atoms with Gasteiger partial charge in [0.2, 0.25) is 6.61 Å². The maximum atomic E-state index is 12.2. The third kappa shape index (κ3) is 3.40. The largest absolute Gasteiger partial charge is 0.463 e. The molecule has 1 aromatic carbocycles. The standard InChI is InChI=1S/C15H13N5O7/c1-2-26-13(21)7-27-19-10-6-11(18-4-3-16-8-18)12(20(24)25)5-9(10)17-14(22)15(19)23/h3-6,8H,2,7H2,1H3,(H,17,22). The van der Waals surface area contributed by atoms with Gasteiger partial charge in [0.05, 0.1) is 23.4 Å². The number of imidazole rings is 1. The van der Waals surface area contributed by atoms with E-state index in [-0.39, 0.29) is 29.0 Å². The predicted molar refractivity (Wildman–Crippen MR) is 90.7 cm³/mol. The van der Waals surface area contributed by atoms with Gasteiger partial charge in [-0.25, -0.2) is 9.78 Å². The number of benzene rings is 1. The molecule has 0 radical (unpaired) electrons. The molecule has 0 saturated heterocycles. The van der Waals surface area contributed by atoms with E-state index in [1.165, 1.54) is 29.4 Å². The van der Waals surface area contributed by atoms with Crippen molar-refractivity contribution in [2.45, 2.75) is 6.92 Å². The van der Waals surface area contributed by atoms with E-state index in [0.717, 1.165) is 6.07 Å². The van der Waals surface area contributed by atoms with Crippen LogP contribution in [0.4, 0.5) is 5.69 Å². The maximum absolute atomic E-state index is 12.2. The summed E-state index contributed by atoms with van der Waals surface area (Å²) in [6, 6.07) is 2.37. The molecule has 0 fully saturated rings. The van der Waals surface area contributed by atoms with Crippen molar-refractivity contribution >= 4 is 22.7 Å². The number of esters is 1. The summed E-state index contributed by atoms with van der Waals surface area (Å²) in [7, 11) is 0. The van der Waals surface area contributed by atoms with Gasteiger partial charge in [0, 0.05) is 18.5 Å². The molecular formula is C15H13N5O7. The SMILES string of the molecule is CCOC(=O)COn1c(=O)c(=O)[nH]c2cc([N+](=O)[O-])c(-n3ccnc3)cc21. The summed E-state index contributed by atoms with van der Waals surface area (Å²) in [5.41, 5.74) is -2.37. The normalized spacial score (nSPS) is 10.7. The number of carbonyl (C=O) groups excluding carboxylic acids is 1. The monoisotopic (exact) mass is 375 g/mol. The summed E-state index contributed by atoms with van der Waals surface area (Å²) >= 11 is 0. The van der Waals surface area contributed by atoms with Gasteiger partial charge in [0.25, 0.3) is 5.69 Å². The number of nitrogens with one attached hydrogen (secondary N) is 1. The van der Waals surface area contributed by atoms with Crippen molar-refractivity contribution in [2.75, 3.05) is 13.2 Å². The second-order valence-corrected chi connectivity index (χ2v) is 5.22. The lowest BCUT2D eigenvalue weighted by Crippen LogP contribution is -2.41. The first-order chi connectivity index (χ1) is 12.9. The van der Waals surface area contributed by atoms with Crippen LogP contribution in [0.5, 0.6) is 0 Å². The summed E-state index contributed by atoms with van der Waals surface area (Å²) in [6.45, 7) is 1.09. The van der Waals surface area contributed by atoms with Gasteiger partial charge >= 0.3 is 17.1 Å². The van der Waals surface area contributed by atoms with Gasteiger partial charge in [-0.2, -0.15) is 0 Å². The number of nitro benzene ring substituents is 1. The van der Waals surface area contributed by atoms with E-state index >= 15 is 0 Å². The fourth-order valence-electron chi connectivity index (χ4n) is 2.41. The summed E-state index contributed by atoms with van der Waals surface area (Å²) in [5.74, 6) is -0.741. The van der Waals surface area contributed by atoms with Gasteiger partial charge in [0.1, 0.15) is 11.2 Å². The molecule has 12 nitrogen and oxygen atoms in total. The third-order valence-electron chi connectivity index (χ3n) is 3.53. The molecule has 0 amide bonds. The van der Waals surface area contributed by atoms with Crippen LogP contribution in [0.25, 0.3) is 16.7 Å². The number of nitro groups is 1. The number of rotatable bonds is 6. The molecule has 3 rings (SSSR count). The lowest BCUT2D eigenvalue weighted by atomic mass is 10.2. The first-order valence-corrected chi connectivity index (χ1v) is 7.67. The van der Waals surface area contributed by atoms with Crippen LogP contribution in [0.15, 0.2) is 40.4 Å². The zero-order chi connectivity index (χ0) is 19.6. The number of hydrogen-bond donors (Lipinski definition) is 1. The van der Waals surface area contributed by atoms with Gasteiger partial charge in [-0.15, -0.1) is 4.73 Å². The molecule has 140 valence electrons. The molecule has 3 aromatic rings. The predicted octanol–water partition coefficient (Wildman–Crippen LogP) is -0.225. The Morgan fingerprint density at radius 2 is 2.15 bits per heavy atom. The molecule has 0 atom stereocenters. The number of carbonyl (C=O) groups is 1. The van der Waals surface area contributed by atoms with Crippen molar-refractivity contribution in [2.24, 2.45) is 0 Å². The van der Waals surface area contributed by atoms with Crippen molar-refractivity contribution in [3.05, 3.63) is 61.7 Å². The van der Waals surface area contributed by atoms with E-state index in [9.17, 15) is 24.5 Å². The quantitative estimate of drug-likeness (QED) is 0.269. The Hall–Kier alpha value is -3.96. The lowest BCUT2D eigenvalue weighted by Gasteiger charge is -2.12. The minimum absolute atomic E-state index is 0.0148. The van der Waals surface area contributed by atoms with E-state index < -0.39 is 28.6 Å². The van der Waals surface area contributed by atoms with Gasteiger partial charge in [0.15, 0.2) is 0 Å². The molecule has 0 unspecified atom stereocenters. The summed E-state index contributed by atoms with van der Waals surface area (Å²) < 4.78 is 6.68. The highest BCUT2D eigenvalue weighted by Crippen LogP contribution is 2.26. The van der Waals surface area contributed by atoms with Crippen LogP contribution in [0.3, 0.4) is 0 Å². The van der Waals surface area contributed by atoms with Crippen molar-refractivity contribution in [3.63, 3.8) is 0 Å². The number of nitrogens with zero attached hydrogens (tertiary/aromatic N) is 4. The highest BCUT2D eigenvalue weighted by Gasteiger charge is 2.20. The van der Waals surface area contributed by atoms with Gasteiger partial charge in [-0.3, -0.25) is 19.7 Å². The molecule has 0 aliphatic carbocycles. The Bertz CT molecular complexity index is 1130. The molecular weight excluding hydrogens is 362 g/mol. The molecule has 2 heterocycles. The van der Waals surface area contributed by atoms with E-state index in [1.807, 2.05) is 0 Å². The molecule has 2 aromatic heterocycles. The Morgan fingerprint density at radius 1 is 1.37 bits per heavy atom. The van der Waals surface area contributed by atoms with Crippen LogP contribution in [-0.4, -0.2) is 43.4 Å². The average Bonchev–Trinajstić information content (AvgIpc) is 3.16. The molecule has 1 N–H and O–H groups in total. The minimum Gasteiger partial charge on any atom is -0.463 e. The second kappa shape index (κ2) is 7.11. The van der Waals surface area contributed by atoms with Crippen LogP contribution in [0.2, 0.25) is 0 Å². The van der Waals surface area contributed by atoms with Crippen LogP contribution >= 0.6 is 0 Å². The molecule has 0 spiro atoms. The third-order valence-corrected chi connectivity index (χ3v) is 3.53. The number of H-pyrrole nitrogens is 1. The number of aromatic nitrogens is 4. The highest BCUT2D eigenvalue weighted by molar-refractivity contribution is 5.82. The molecule has 0 saturated carbocycles. The van der Waals surface area contributed by atoms with Crippen molar-refractivity contribution in [1.29, 1.82) is 0 Å². The second-order valence-electron chi connectivity index (χ2n) is 5.22. The van der Waals surface area contributed by atoms with Crippen LogP contribution in [-0.2, 0) is 9.53 Å². The number of hydrogen-bond acceptors (Lipinski definition) is 8. The topological polar surface area (TPSA) is 151 Å². The first-order valence-electron chi connectivity index (χ1n) is 7.67. The van der Waals surface area contributed by atoms with Crippen molar-refractivity contribution in [1.82, 2.24) is 19.3 Å². The highest BCUT2D eigenvalue weighted by atomic mass is 16.7. The number of ether oxygens (including phenoxy) is 1. The summed E-state index contributed by atoms with van der Waals surface area (Å²) in [5, 5.41) is 11.4. The molecule has 12 heteroatoms. The molecule has 0 aliphatic rings. The maximum Gasteiger partial charge on any atom is 0.349 e. The minimum atomic E-state index is -1.09. The number of fused-ring (bicyclic) bond motifs is 1. The zero-order valence-corrected chi connectivity index (χ0v) is 13.9. The number of aromatic amines is 1. The molecule has 0 bridgehead atoms.